The maximum absolute atomic E-state index is 12.1. The highest BCUT2D eigenvalue weighted by Gasteiger charge is 2.21. The third kappa shape index (κ3) is 3.50. The Labute approximate surface area is 135 Å². The lowest BCUT2D eigenvalue weighted by atomic mass is 10.4. The molecule has 0 unspecified atom stereocenters. The van der Waals surface area contributed by atoms with Crippen molar-refractivity contribution in [2.75, 3.05) is 0 Å². The van der Waals surface area contributed by atoms with Gasteiger partial charge in [0.25, 0.3) is 0 Å². The number of carboxylic acid groups (broad SMARTS) is 1. The Balaban J connectivity index is 2.13. The Morgan fingerprint density at radius 2 is 2.10 bits per heavy atom. The van der Waals surface area contributed by atoms with Crippen LogP contribution >= 0.6 is 43.2 Å². The molecule has 2 aromatic heterocycles. The molecule has 0 aliphatic rings. The number of hydrogen-bond donors (Lipinski definition) is 2. The first-order valence-corrected chi connectivity index (χ1v) is 8.94. The van der Waals surface area contributed by atoms with Crippen molar-refractivity contribution in [3.05, 3.63) is 37.3 Å². The van der Waals surface area contributed by atoms with Crippen LogP contribution in [-0.4, -0.2) is 19.5 Å². The Bertz CT molecular complexity index is 750. The van der Waals surface area contributed by atoms with Crippen LogP contribution in [0.5, 0.6) is 0 Å². The minimum atomic E-state index is -3.70. The summed E-state index contributed by atoms with van der Waals surface area (Å²) in [4.78, 5) is 10.8. The van der Waals surface area contributed by atoms with Gasteiger partial charge in [-0.25, -0.2) is 17.9 Å². The molecule has 0 fully saturated rings. The van der Waals surface area contributed by atoms with Gasteiger partial charge in [0.05, 0.1) is 14.1 Å². The van der Waals surface area contributed by atoms with Crippen LogP contribution in [0, 0.1) is 0 Å². The molecule has 0 bridgehead atoms. The predicted molar refractivity (Wildman–Crippen MR) is 79.4 cm³/mol. The molecular weight excluding hydrogens is 438 g/mol. The zero-order valence-electron chi connectivity index (χ0n) is 9.59. The summed E-state index contributed by atoms with van der Waals surface area (Å²) in [5.41, 5.74) is 0. The molecule has 6 nitrogen and oxygen atoms in total. The molecule has 0 radical (unpaired) electrons. The summed E-state index contributed by atoms with van der Waals surface area (Å²) in [6.45, 7) is -0.129. The Morgan fingerprint density at radius 1 is 1.40 bits per heavy atom. The summed E-state index contributed by atoms with van der Waals surface area (Å²) in [5, 5.41) is 8.70. The molecule has 0 atom stereocenters. The minimum Gasteiger partial charge on any atom is -0.475 e. The van der Waals surface area contributed by atoms with E-state index in [0.717, 1.165) is 0 Å². The van der Waals surface area contributed by atoms with Crippen molar-refractivity contribution < 1.29 is 22.7 Å². The first-order valence-electron chi connectivity index (χ1n) is 5.06. The van der Waals surface area contributed by atoms with Crippen LogP contribution in [0.4, 0.5) is 0 Å². The zero-order chi connectivity index (χ0) is 14.9. The number of sulfonamides is 1. The lowest BCUT2D eigenvalue weighted by Gasteiger charge is -2.03. The molecule has 2 rings (SSSR count). The van der Waals surface area contributed by atoms with E-state index in [1.54, 1.807) is 0 Å². The van der Waals surface area contributed by atoms with Crippen molar-refractivity contribution in [3.8, 4) is 0 Å². The number of hydrogen-bond acceptors (Lipinski definition) is 5. The second-order valence-electron chi connectivity index (χ2n) is 3.58. The van der Waals surface area contributed by atoms with Crippen LogP contribution in [0.25, 0.3) is 0 Å². The number of carboxylic acids is 1. The summed E-state index contributed by atoms with van der Waals surface area (Å²) in [6.07, 6.45) is 0. The van der Waals surface area contributed by atoms with E-state index in [0.29, 0.717) is 7.57 Å². The van der Waals surface area contributed by atoms with Gasteiger partial charge < -0.3 is 9.52 Å². The molecule has 10 heteroatoms. The van der Waals surface area contributed by atoms with Crippen LogP contribution in [0.3, 0.4) is 0 Å². The highest BCUT2D eigenvalue weighted by molar-refractivity contribution is 9.12. The SMILES string of the molecule is O=C(O)c1ccc(CNS(=O)(=O)c2cc(Br)sc2Br)o1. The summed E-state index contributed by atoms with van der Waals surface area (Å²) in [5.74, 6) is -1.22. The van der Waals surface area contributed by atoms with Gasteiger partial charge in [0.1, 0.15) is 10.7 Å². The maximum Gasteiger partial charge on any atom is 0.371 e. The molecule has 0 aromatic carbocycles. The van der Waals surface area contributed by atoms with Crippen LogP contribution in [0.1, 0.15) is 16.3 Å². The highest BCUT2D eigenvalue weighted by Crippen LogP contribution is 2.34. The van der Waals surface area contributed by atoms with E-state index >= 15 is 0 Å². The van der Waals surface area contributed by atoms with E-state index in [1.165, 1.54) is 29.5 Å². The van der Waals surface area contributed by atoms with E-state index in [-0.39, 0.29) is 23.0 Å². The second kappa shape index (κ2) is 5.98. The van der Waals surface area contributed by atoms with Crippen LogP contribution < -0.4 is 4.72 Å². The van der Waals surface area contributed by atoms with Crippen molar-refractivity contribution in [2.24, 2.45) is 0 Å². The monoisotopic (exact) mass is 443 g/mol. The fourth-order valence-corrected chi connectivity index (χ4v) is 6.14. The first kappa shape index (κ1) is 15.7. The first-order chi connectivity index (χ1) is 9.29. The van der Waals surface area contributed by atoms with Crippen molar-refractivity contribution in [3.63, 3.8) is 0 Å². The van der Waals surface area contributed by atoms with Gasteiger partial charge in [0.2, 0.25) is 15.8 Å². The standard InChI is InChI=1S/C10H7Br2NO5S2/c11-8-3-7(9(12)19-8)20(16,17)13-4-5-1-2-6(18-5)10(14)15/h1-3,13H,4H2,(H,14,15). The van der Waals surface area contributed by atoms with E-state index < -0.39 is 16.0 Å². The predicted octanol–water partition coefficient (Wildman–Crippen LogP) is 3.04. The summed E-state index contributed by atoms with van der Waals surface area (Å²) >= 11 is 7.61. The number of rotatable bonds is 5. The Kier molecular flexibility index (Phi) is 4.69. The lowest BCUT2D eigenvalue weighted by molar-refractivity contribution is 0.0660. The molecule has 108 valence electrons. The van der Waals surface area contributed by atoms with Gasteiger partial charge in [0.15, 0.2) is 0 Å². The second-order valence-corrected chi connectivity index (χ2v) is 9.07. The third-order valence-corrected chi connectivity index (χ3v) is 6.38. The number of thiophene rings is 1. The smallest absolute Gasteiger partial charge is 0.371 e. The van der Waals surface area contributed by atoms with Gasteiger partial charge in [-0.3, -0.25) is 0 Å². The molecule has 0 saturated carbocycles. The van der Waals surface area contributed by atoms with Gasteiger partial charge in [-0.15, -0.1) is 11.3 Å². The largest absolute Gasteiger partial charge is 0.475 e. The summed E-state index contributed by atoms with van der Waals surface area (Å²) in [7, 11) is -3.70. The van der Waals surface area contributed by atoms with Gasteiger partial charge in [-0.1, -0.05) is 0 Å². The Hall–Kier alpha value is -0.680. The molecule has 0 spiro atoms. The highest BCUT2D eigenvalue weighted by atomic mass is 79.9. The van der Waals surface area contributed by atoms with Crippen LogP contribution in [0.15, 0.2) is 35.1 Å². The van der Waals surface area contributed by atoms with Gasteiger partial charge in [-0.05, 0) is 50.1 Å². The zero-order valence-corrected chi connectivity index (χ0v) is 14.4. The molecule has 2 heterocycles. The average Bonchev–Trinajstić information content (AvgIpc) is 2.93. The number of halogens is 2. The molecule has 2 N–H and O–H groups in total. The Morgan fingerprint density at radius 3 is 2.60 bits per heavy atom. The molecular formula is C10H7Br2NO5S2. The minimum absolute atomic E-state index is 0.111. The molecule has 2 aromatic rings. The molecule has 0 amide bonds. The fourth-order valence-electron chi connectivity index (χ4n) is 1.34. The van der Waals surface area contributed by atoms with Crippen molar-refractivity contribution in [2.45, 2.75) is 11.4 Å². The van der Waals surface area contributed by atoms with Gasteiger partial charge >= 0.3 is 5.97 Å². The maximum atomic E-state index is 12.1. The van der Waals surface area contributed by atoms with Crippen molar-refractivity contribution in [1.29, 1.82) is 0 Å². The van der Waals surface area contributed by atoms with Crippen molar-refractivity contribution in [1.82, 2.24) is 4.72 Å². The normalized spacial score (nSPS) is 11.7. The van der Waals surface area contributed by atoms with E-state index in [9.17, 15) is 13.2 Å². The summed E-state index contributed by atoms with van der Waals surface area (Å²) in [6, 6.07) is 4.15. The number of aromatic carboxylic acids is 1. The third-order valence-electron chi connectivity index (χ3n) is 2.22. The van der Waals surface area contributed by atoms with E-state index in [1.807, 2.05) is 0 Å². The van der Waals surface area contributed by atoms with E-state index in [4.69, 9.17) is 9.52 Å². The van der Waals surface area contributed by atoms with Gasteiger partial charge in [0, 0.05) is 0 Å². The van der Waals surface area contributed by atoms with Crippen LogP contribution in [0.2, 0.25) is 0 Å². The number of carbonyl (C=O) groups is 1. The molecule has 0 aliphatic carbocycles. The lowest BCUT2D eigenvalue weighted by Crippen LogP contribution is -2.22. The summed E-state index contributed by atoms with van der Waals surface area (Å²) < 4.78 is 32.6. The van der Waals surface area contributed by atoms with E-state index in [2.05, 4.69) is 36.6 Å². The van der Waals surface area contributed by atoms with Crippen molar-refractivity contribution >= 4 is 59.2 Å². The molecule has 0 saturated heterocycles. The van der Waals surface area contributed by atoms with Gasteiger partial charge in [-0.2, -0.15) is 0 Å². The quantitative estimate of drug-likeness (QED) is 0.738. The van der Waals surface area contributed by atoms with Crippen LogP contribution in [-0.2, 0) is 16.6 Å². The number of furan rings is 1. The molecule has 0 aliphatic heterocycles. The molecule has 20 heavy (non-hydrogen) atoms. The topological polar surface area (TPSA) is 96.6 Å². The number of nitrogens with one attached hydrogen (secondary N) is 1. The average molecular weight is 445 g/mol. The fraction of sp³-hybridized carbons (Fsp3) is 0.100.